The van der Waals surface area contributed by atoms with Crippen molar-refractivity contribution in [2.75, 3.05) is 37.4 Å². The molecule has 22 heavy (non-hydrogen) atoms. The normalized spacial score (nSPS) is 14.7. The highest BCUT2D eigenvalue weighted by Gasteiger charge is 2.17. The zero-order valence-electron chi connectivity index (χ0n) is 13.5. The molecule has 0 aromatic carbocycles. The van der Waals surface area contributed by atoms with E-state index < -0.39 is 0 Å². The lowest BCUT2D eigenvalue weighted by Crippen LogP contribution is -2.33. The Hall–Kier alpha value is -2.15. The highest BCUT2D eigenvalue weighted by Crippen LogP contribution is 2.15. The maximum Gasteiger partial charge on any atom is 0.133 e. The minimum atomic E-state index is 0.677. The van der Waals surface area contributed by atoms with Crippen molar-refractivity contribution in [3.8, 4) is 0 Å². The van der Waals surface area contributed by atoms with Gasteiger partial charge in [0.25, 0.3) is 0 Å². The molecule has 0 bridgehead atoms. The molecule has 0 fully saturated rings. The van der Waals surface area contributed by atoms with Crippen LogP contribution in [0.25, 0.3) is 0 Å². The number of aromatic nitrogens is 4. The molecule has 0 atom stereocenters. The summed E-state index contributed by atoms with van der Waals surface area (Å²) >= 11 is 0. The maximum absolute atomic E-state index is 4.73. The third-order valence-electron chi connectivity index (χ3n) is 3.94. The van der Waals surface area contributed by atoms with Crippen molar-refractivity contribution < 1.29 is 0 Å². The van der Waals surface area contributed by atoms with Crippen molar-refractivity contribution in [3.05, 3.63) is 30.1 Å². The minimum Gasteiger partial charge on any atom is -0.364 e. The smallest absolute Gasteiger partial charge is 0.133 e. The third kappa shape index (κ3) is 3.19. The molecule has 2 aromatic rings. The largest absolute Gasteiger partial charge is 0.364 e. The summed E-state index contributed by atoms with van der Waals surface area (Å²) < 4.78 is 2.26. The van der Waals surface area contributed by atoms with Crippen molar-refractivity contribution >= 4 is 11.6 Å². The van der Waals surface area contributed by atoms with Gasteiger partial charge in [-0.3, -0.25) is 4.90 Å². The van der Waals surface area contributed by atoms with Gasteiger partial charge in [0.1, 0.15) is 23.8 Å². The molecular weight excluding hydrogens is 278 g/mol. The molecule has 0 saturated heterocycles. The van der Waals surface area contributed by atoms with Gasteiger partial charge in [0.15, 0.2) is 0 Å². The van der Waals surface area contributed by atoms with Crippen molar-refractivity contribution in [1.82, 2.24) is 24.4 Å². The first kappa shape index (κ1) is 14.8. The molecule has 3 heterocycles. The van der Waals surface area contributed by atoms with E-state index in [0.29, 0.717) is 6.54 Å². The van der Waals surface area contributed by atoms with Crippen LogP contribution in [-0.4, -0.2) is 51.6 Å². The van der Waals surface area contributed by atoms with Crippen LogP contribution < -0.4 is 10.2 Å². The van der Waals surface area contributed by atoms with Crippen LogP contribution in [0.15, 0.2) is 18.6 Å². The lowest BCUT2D eigenvalue weighted by atomic mass is 10.3. The van der Waals surface area contributed by atoms with E-state index in [2.05, 4.69) is 37.9 Å². The molecule has 0 radical (unpaired) electrons. The van der Waals surface area contributed by atoms with Gasteiger partial charge in [-0.2, -0.15) is 0 Å². The van der Waals surface area contributed by atoms with Crippen LogP contribution >= 0.6 is 0 Å². The molecule has 2 aromatic heterocycles. The van der Waals surface area contributed by atoms with Crippen molar-refractivity contribution in [3.63, 3.8) is 0 Å². The Morgan fingerprint density at radius 2 is 2.14 bits per heavy atom. The standard InChI is InChI=1S/C15H23N7/c1-4-21-5-6-22-9-12(19-15(22)10-21)8-16-13-7-14(20(2)3)18-11-17-13/h7,9,11H,4-6,8,10H2,1-3H3,(H,16,17,18). The molecule has 1 aliphatic heterocycles. The number of hydrogen-bond acceptors (Lipinski definition) is 6. The first-order valence-corrected chi connectivity index (χ1v) is 7.66. The zero-order valence-corrected chi connectivity index (χ0v) is 13.5. The highest BCUT2D eigenvalue weighted by molar-refractivity contribution is 5.47. The molecule has 1 aliphatic rings. The van der Waals surface area contributed by atoms with Gasteiger partial charge in [0, 0.05) is 39.4 Å². The fourth-order valence-electron chi connectivity index (χ4n) is 2.59. The SMILES string of the molecule is CCN1CCn2cc(CNc3cc(N(C)C)ncn3)nc2C1. The highest BCUT2D eigenvalue weighted by atomic mass is 15.2. The fourth-order valence-corrected chi connectivity index (χ4v) is 2.59. The van der Waals surface area contributed by atoms with Gasteiger partial charge in [-0.1, -0.05) is 6.92 Å². The molecule has 0 aliphatic carbocycles. The number of likely N-dealkylation sites (N-methyl/N-ethyl adjacent to an activating group) is 1. The van der Waals surface area contributed by atoms with Crippen LogP contribution in [-0.2, 0) is 19.6 Å². The number of anilines is 2. The zero-order chi connectivity index (χ0) is 15.5. The second kappa shape index (κ2) is 6.31. The molecule has 1 N–H and O–H groups in total. The first-order chi connectivity index (χ1) is 10.7. The first-order valence-electron chi connectivity index (χ1n) is 7.66. The van der Waals surface area contributed by atoms with Crippen molar-refractivity contribution in [1.29, 1.82) is 0 Å². The molecule has 0 saturated carbocycles. The van der Waals surface area contributed by atoms with Crippen LogP contribution in [0, 0.1) is 0 Å². The maximum atomic E-state index is 4.73. The predicted molar refractivity (Wildman–Crippen MR) is 86.9 cm³/mol. The topological polar surface area (TPSA) is 62.1 Å². The van der Waals surface area contributed by atoms with E-state index in [9.17, 15) is 0 Å². The quantitative estimate of drug-likeness (QED) is 0.895. The summed E-state index contributed by atoms with van der Waals surface area (Å²) in [6.45, 7) is 7.01. The van der Waals surface area contributed by atoms with Gasteiger partial charge >= 0.3 is 0 Å². The Bertz CT molecular complexity index is 635. The van der Waals surface area contributed by atoms with E-state index in [0.717, 1.165) is 49.3 Å². The summed E-state index contributed by atoms with van der Waals surface area (Å²) in [6, 6.07) is 1.94. The fraction of sp³-hybridized carbons (Fsp3) is 0.533. The summed E-state index contributed by atoms with van der Waals surface area (Å²) in [5.41, 5.74) is 1.05. The van der Waals surface area contributed by atoms with Crippen LogP contribution in [0.1, 0.15) is 18.4 Å². The number of fused-ring (bicyclic) bond motifs is 1. The molecule has 0 amide bonds. The molecule has 7 heteroatoms. The number of nitrogens with one attached hydrogen (secondary N) is 1. The van der Waals surface area contributed by atoms with Gasteiger partial charge in [0.05, 0.1) is 18.8 Å². The number of hydrogen-bond donors (Lipinski definition) is 1. The molecule has 0 unspecified atom stereocenters. The van der Waals surface area contributed by atoms with Crippen LogP contribution in [0.2, 0.25) is 0 Å². The number of nitrogens with zero attached hydrogens (tertiary/aromatic N) is 6. The molecule has 118 valence electrons. The molecule has 0 spiro atoms. The van der Waals surface area contributed by atoms with Gasteiger partial charge in [-0.15, -0.1) is 0 Å². The third-order valence-corrected chi connectivity index (χ3v) is 3.94. The van der Waals surface area contributed by atoms with Crippen LogP contribution in [0.3, 0.4) is 0 Å². The van der Waals surface area contributed by atoms with Crippen molar-refractivity contribution in [2.45, 2.75) is 26.6 Å². The van der Waals surface area contributed by atoms with E-state index in [1.165, 1.54) is 0 Å². The summed E-state index contributed by atoms with van der Waals surface area (Å²) in [6.07, 6.45) is 3.72. The summed E-state index contributed by atoms with van der Waals surface area (Å²) in [4.78, 5) is 17.6. The Kier molecular flexibility index (Phi) is 4.24. The Labute approximate surface area is 131 Å². The molecule has 7 nitrogen and oxygen atoms in total. The Morgan fingerprint density at radius 3 is 2.91 bits per heavy atom. The average Bonchev–Trinajstić information content (AvgIpc) is 2.95. The number of rotatable bonds is 5. The average molecular weight is 301 g/mol. The van der Waals surface area contributed by atoms with Gasteiger partial charge in [-0.25, -0.2) is 15.0 Å². The number of imidazole rings is 1. The summed E-state index contributed by atoms with van der Waals surface area (Å²) in [5.74, 6) is 2.86. The van der Waals surface area contributed by atoms with E-state index in [-0.39, 0.29) is 0 Å². The predicted octanol–water partition coefficient (Wildman–Crippen LogP) is 1.19. The minimum absolute atomic E-state index is 0.677. The Morgan fingerprint density at radius 1 is 1.27 bits per heavy atom. The monoisotopic (exact) mass is 301 g/mol. The van der Waals surface area contributed by atoms with Gasteiger partial charge in [-0.05, 0) is 6.54 Å². The van der Waals surface area contributed by atoms with Crippen LogP contribution in [0.5, 0.6) is 0 Å². The van der Waals surface area contributed by atoms with E-state index in [1.54, 1.807) is 6.33 Å². The van der Waals surface area contributed by atoms with E-state index in [1.807, 2.05) is 25.1 Å². The van der Waals surface area contributed by atoms with Crippen LogP contribution in [0.4, 0.5) is 11.6 Å². The lowest BCUT2D eigenvalue weighted by molar-refractivity contribution is 0.228. The van der Waals surface area contributed by atoms with Gasteiger partial charge in [0.2, 0.25) is 0 Å². The lowest BCUT2D eigenvalue weighted by Gasteiger charge is -2.25. The van der Waals surface area contributed by atoms with E-state index in [4.69, 9.17) is 4.98 Å². The van der Waals surface area contributed by atoms with E-state index >= 15 is 0 Å². The summed E-state index contributed by atoms with van der Waals surface area (Å²) in [5, 5.41) is 3.32. The Balaban J connectivity index is 1.65. The molecular formula is C15H23N7. The van der Waals surface area contributed by atoms with Gasteiger partial charge < -0.3 is 14.8 Å². The second-order valence-electron chi connectivity index (χ2n) is 5.72. The summed E-state index contributed by atoms with van der Waals surface area (Å²) in [7, 11) is 3.93. The van der Waals surface area contributed by atoms with Crippen molar-refractivity contribution in [2.24, 2.45) is 0 Å². The molecule has 3 rings (SSSR count). The second-order valence-corrected chi connectivity index (χ2v) is 5.72.